The maximum Gasteiger partial charge on any atom is 0.257 e. The normalized spacial score (nSPS) is 13.1. The summed E-state index contributed by atoms with van der Waals surface area (Å²) in [5.74, 6) is -0.333. The number of hydrogen-bond donors (Lipinski definition) is 2. The van der Waals surface area contributed by atoms with Crippen molar-refractivity contribution in [2.45, 2.75) is 72.6 Å². The van der Waals surface area contributed by atoms with Crippen LogP contribution in [0.4, 0.5) is 0 Å². The first-order chi connectivity index (χ1) is 18.2. The molecular formula is C31H46N2O5. The second-order valence-corrected chi connectivity index (χ2v) is 9.91. The molecule has 1 amide bonds. The standard InChI is InChI=1S/C17H27NO.C14H19NO4/c1-3-15-8-9-17(14-16(15)4-2)19-13-7-12-18-10-5-6-11-18;1-4-5-6-15(3)14(19)11-7-10(9(2)16)12(17)8-13(11)18/h8-9,14H,3-7,10-13H2,1-2H3;7-8,17-18H,4-6H2,1-3H3. The van der Waals surface area contributed by atoms with Gasteiger partial charge in [-0.25, -0.2) is 0 Å². The molecule has 1 aliphatic heterocycles. The highest BCUT2D eigenvalue weighted by Gasteiger charge is 2.20. The molecule has 0 radical (unpaired) electrons. The molecular weight excluding hydrogens is 480 g/mol. The van der Waals surface area contributed by atoms with Gasteiger partial charge in [-0.2, -0.15) is 0 Å². The average Bonchev–Trinajstić information content (AvgIpc) is 3.43. The Bertz CT molecular complexity index is 1050. The molecule has 0 aliphatic carbocycles. The fourth-order valence-electron chi connectivity index (χ4n) is 4.58. The van der Waals surface area contributed by atoms with Crippen LogP contribution in [-0.4, -0.2) is 71.5 Å². The summed E-state index contributed by atoms with van der Waals surface area (Å²) in [5, 5.41) is 19.3. The predicted octanol–water partition coefficient (Wildman–Crippen LogP) is 5.85. The fourth-order valence-corrected chi connectivity index (χ4v) is 4.58. The molecule has 2 aromatic carbocycles. The van der Waals surface area contributed by atoms with Crippen LogP contribution in [0.3, 0.4) is 0 Å². The lowest BCUT2D eigenvalue weighted by Gasteiger charge is -2.18. The van der Waals surface area contributed by atoms with E-state index in [1.54, 1.807) is 7.05 Å². The molecule has 38 heavy (non-hydrogen) atoms. The molecule has 0 spiro atoms. The van der Waals surface area contributed by atoms with Crippen LogP contribution in [0.2, 0.25) is 0 Å². The molecule has 1 aliphatic rings. The van der Waals surface area contributed by atoms with E-state index in [0.29, 0.717) is 6.54 Å². The van der Waals surface area contributed by atoms with Gasteiger partial charge < -0.3 is 24.7 Å². The minimum Gasteiger partial charge on any atom is -0.507 e. The number of hydrogen-bond acceptors (Lipinski definition) is 6. The number of carbonyl (C=O) groups excluding carboxylic acids is 2. The highest BCUT2D eigenvalue weighted by atomic mass is 16.5. The van der Waals surface area contributed by atoms with Gasteiger partial charge in [-0.15, -0.1) is 0 Å². The largest absolute Gasteiger partial charge is 0.507 e. The van der Waals surface area contributed by atoms with Gasteiger partial charge in [0.25, 0.3) is 5.91 Å². The number of aryl methyl sites for hydroxylation is 2. The number of unbranched alkanes of at least 4 members (excludes halogenated alkanes) is 1. The maximum absolute atomic E-state index is 12.1. The second-order valence-electron chi connectivity index (χ2n) is 9.91. The topological polar surface area (TPSA) is 90.3 Å². The average molecular weight is 527 g/mol. The summed E-state index contributed by atoms with van der Waals surface area (Å²) < 4.78 is 5.88. The summed E-state index contributed by atoms with van der Waals surface area (Å²) >= 11 is 0. The first kappa shape index (κ1) is 31.2. The van der Waals surface area contributed by atoms with Crippen LogP contribution in [0.15, 0.2) is 30.3 Å². The Morgan fingerprint density at radius 3 is 2.18 bits per heavy atom. The van der Waals surface area contributed by atoms with Gasteiger partial charge >= 0.3 is 0 Å². The van der Waals surface area contributed by atoms with Gasteiger partial charge in [0, 0.05) is 26.2 Å². The van der Waals surface area contributed by atoms with E-state index in [0.717, 1.165) is 50.5 Å². The molecule has 1 heterocycles. The second kappa shape index (κ2) is 16.0. The summed E-state index contributed by atoms with van der Waals surface area (Å²) in [6.45, 7) is 12.9. The number of phenolic OH excluding ortho intramolecular Hbond substituents is 2. The van der Waals surface area contributed by atoms with Crippen molar-refractivity contribution in [1.82, 2.24) is 9.80 Å². The molecule has 1 fully saturated rings. The van der Waals surface area contributed by atoms with Crippen molar-refractivity contribution in [2.24, 2.45) is 0 Å². The first-order valence-corrected chi connectivity index (χ1v) is 14.0. The van der Waals surface area contributed by atoms with Gasteiger partial charge in [0.05, 0.1) is 17.7 Å². The molecule has 210 valence electrons. The monoisotopic (exact) mass is 526 g/mol. The molecule has 0 saturated carbocycles. The highest BCUT2D eigenvalue weighted by Crippen LogP contribution is 2.28. The highest BCUT2D eigenvalue weighted by molar-refractivity contribution is 6.03. The summed E-state index contributed by atoms with van der Waals surface area (Å²) in [5.41, 5.74) is 2.94. The molecule has 0 atom stereocenters. The quantitative estimate of drug-likeness (QED) is 0.266. The SMILES string of the molecule is CCCCN(C)C(=O)c1cc(C(C)=O)c(O)cc1O.CCc1ccc(OCCCN2CCCC2)cc1CC. The molecule has 1 saturated heterocycles. The minimum absolute atomic E-state index is 0.0293. The zero-order valence-electron chi connectivity index (χ0n) is 23.9. The van der Waals surface area contributed by atoms with Gasteiger partial charge in [-0.1, -0.05) is 33.3 Å². The van der Waals surface area contributed by atoms with Crippen molar-refractivity contribution >= 4 is 11.7 Å². The van der Waals surface area contributed by atoms with E-state index in [1.807, 2.05) is 6.92 Å². The minimum atomic E-state index is -0.367. The first-order valence-electron chi connectivity index (χ1n) is 14.0. The zero-order valence-corrected chi connectivity index (χ0v) is 23.9. The van der Waals surface area contributed by atoms with Crippen LogP contribution in [0, 0.1) is 0 Å². The number of ketones is 1. The number of phenols is 2. The van der Waals surface area contributed by atoms with Crippen molar-refractivity contribution in [3.8, 4) is 17.2 Å². The number of Topliss-reactive ketones (excluding diaryl/α,β-unsaturated/α-hetero) is 1. The van der Waals surface area contributed by atoms with Crippen LogP contribution in [0.5, 0.6) is 17.2 Å². The number of benzene rings is 2. The third kappa shape index (κ3) is 9.35. The number of nitrogens with zero attached hydrogens (tertiary/aromatic N) is 2. The van der Waals surface area contributed by atoms with E-state index in [-0.39, 0.29) is 34.3 Å². The zero-order chi connectivity index (χ0) is 28.1. The number of aromatic hydroxyl groups is 2. The van der Waals surface area contributed by atoms with Crippen molar-refractivity contribution in [3.63, 3.8) is 0 Å². The number of amides is 1. The third-order valence-corrected chi connectivity index (χ3v) is 6.94. The van der Waals surface area contributed by atoms with E-state index in [2.05, 4.69) is 36.9 Å². The van der Waals surface area contributed by atoms with Crippen LogP contribution in [0.25, 0.3) is 0 Å². The van der Waals surface area contributed by atoms with Crippen molar-refractivity contribution in [2.75, 3.05) is 39.8 Å². The summed E-state index contributed by atoms with van der Waals surface area (Å²) in [6, 6.07) is 8.81. The van der Waals surface area contributed by atoms with Crippen LogP contribution < -0.4 is 4.74 Å². The summed E-state index contributed by atoms with van der Waals surface area (Å²) in [7, 11) is 1.64. The van der Waals surface area contributed by atoms with E-state index >= 15 is 0 Å². The lowest BCUT2D eigenvalue weighted by molar-refractivity contribution is 0.0790. The molecule has 2 aromatic rings. The lowest BCUT2D eigenvalue weighted by Crippen LogP contribution is -2.27. The number of ether oxygens (including phenoxy) is 1. The summed E-state index contributed by atoms with van der Waals surface area (Å²) in [4.78, 5) is 27.5. The van der Waals surface area contributed by atoms with Crippen molar-refractivity contribution < 1.29 is 24.5 Å². The van der Waals surface area contributed by atoms with E-state index in [1.165, 1.54) is 61.5 Å². The molecule has 7 nitrogen and oxygen atoms in total. The molecule has 7 heteroatoms. The molecule has 2 N–H and O–H groups in total. The van der Waals surface area contributed by atoms with Gasteiger partial charge in [0.15, 0.2) is 5.78 Å². The molecule has 3 rings (SSSR count). The predicted molar refractivity (Wildman–Crippen MR) is 153 cm³/mol. The van der Waals surface area contributed by atoms with Gasteiger partial charge in [0.1, 0.15) is 17.2 Å². The van der Waals surface area contributed by atoms with Gasteiger partial charge in [0.2, 0.25) is 0 Å². The Kier molecular flexibility index (Phi) is 13.1. The fraction of sp³-hybridized carbons (Fsp3) is 0.548. The maximum atomic E-state index is 12.1. The Morgan fingerprint density at radius 1 is 0.921 bits per heavy atom. The van der Waals surface area contributed by atoms with E-state index in [4.69, 9.17) is 4.74 Å². The third-order valence-electron chi connectivity index (χ3n) is 6.94. The van der Waals surface area contributed by atoms with Crippen LogP contribution >= 0.6 is 0 Å². The molecule has 0 bridgehead atoms. The molecule has 0 aromatic heterocycles. The van der Waals surface area contributed by atoms with Crippen LogP contribution in [-0.2, 0) is 12.8 Å². The summed E-state index contributed by atoms with van der Waals surface area (Å²) in [6.07, 6.45) is 7.90. The Balaban J connectivity index is 0.000000267. The molecule has 0 unspecified atom stereocenters. The Hall–Kier alpha value is -3.06. The Labute approximate surface area is 228 Å². The van der Waals surface area contributed by atoms with Crippen molar-refractivity contribution in [1.29, 1.82) is 0 Å². The number of rotatable bonds is 12. The van der Waals surface area contributed by atoms with E-state index < -0.39 is 0 Å². The Morgan fingerprint density at radius 2 is 1.58 bits per heavy atom. The van der Waals surface area contributed by atoms with Gasteiger partial charge in [-0.05, 0) is 87.9 Å². The van der Waals surface area contributed by atoms with Crippen molar-refractivity contribution in [3.05, 3.63) is 52.6 Å². The lowest BCUT2D eigenvalue weighted by atomic mass is 10.0. The number of likely N-dealkylation sites (tertiary alicyclic amines) is 1. The van der Waals surface area contributed by atoms with Crippen LogP contribution in [0.1, 0.15) is 91.6 Å². The number of carbonyl (C=O) groups is 2. The smallest absolute Gasteiger partial charge is 0.257 e. The van der Waals surface area contributed by atoms with E-state index in [9.17, 15) is 19.8 Å². The van der Waals surface area contributed by atoms with Gasteiger partial charge in [-0.3, -0.25) is 9.59 Å².